The number of halogens is 1. The van der Waals surface area contributed by atoms with Crippen LogP contribution in [0, 0.1) is 5.21 Å². The third kappa shape index (κ3) is 3.85. The third-order valence-corrected chi connectivity index (χ3v) is 5.00. The average Bonchev–Trinajstić information content (AvgIpc) is 2.74. The lowest BCUT2D eigenvalue weighted by Gasteiger charge is -2.16. The van der Waals surface area contributed by atoms with E-state index in [2.05, 4.69) is 4.98 Å². The standard InChI is InChI=1S/C23H17ClN2O3/c24-20(11-15-7-3-1-4-8-15)17-12-18-21(13-22(17)26(28)29)25-14-19(23(18)27)16-9-5-2-6-10-16/h1-14,26,28H,(H,25,27)/b20-11-. The maximum atomic E-state index is 13.1. The van der Waals surface area contributed by atoms with E-state index in [9.17, 15) is 15.2 Å². The zero-order valence-corrected chi connectivity index (χ0v) is 16.0. The van der Waals surface area contributed by atoms with Crippen LogP contribution in [0.15, 0.2) is 83.8 Å². The Labute approximate surface area is 171 Å². The number of quaternary nitrogens is 1. The maximum absolute atomic E-state index is 13.1. The Morgan fingerprint density at radius 2 is 1.69 bits per heavy atom. The minimum absolute atomic E-state index is 0.0257. The van der Waals surface area contributed by atoms with Crippen molar-refractivity contribution in [3.05, 3.63) is 106 Å². The Balaban J connectivity index is 1.93. The fourth-order valence-electron chi connectivity index (χ4n) is 3.25. The van der Waals surface area contributed by atoms with Gasteiger partial charge in [0.2, 0.25) is 0 Å². The predicted molar refractivity (Wildman–Crippen MR) is 116 cm³/mol. The van der Waals surface area contributed by atoms with E-state index < -0.39 is 5.23 Å². The highest BCUT2D eigenvalue weighted by Gasteiger charge is 2.17. The summed E-state index contributed by atoms with van der Waals surface area (Å²) < 4.78 is 0. The molecule has 29 heavy (non-hydrogen) atoms. The molecule has 0 fully saturated rings. The number of pyridine rings is 1. The molecule has 1 heterocycles. The Kier molecular flexibility index (Phi) is 5.29. The maximum Gasteiger partial charge on any atom is 0.197 e. The van der Waals surface area contributed by atoms with E-state index in [1.165, 1.54) is 6.07 Å². The Hall–Kier alpha value is -3.22. The number of aromatic amines is 1. The van der Waals surface area contributed by atoms with Crippen LogP contribution < -0.4 is 10.7 Å². The molecule has 0 bridgehead atoms. The number of nitrogens with one attached hydrogen (secondary N) is 2. The van der Waals surface area contributed by atoms with Crippen LogP contribution >= 0.6 is 11.6 Å². The van der Waals surface area contributed by atoms with Crippen molar-refractivity contribution in [3.8, 4) is 11.1 Å². The van der Waals surface area contributed by atoms with E-state index in [1.54, 1.807) is 18.3 Å². The molecule has 3 aromatic carbocycles. The fraction of sp³-hybridized carbons (Fsp3) is 0. The average molecular weight is 405 g/mol. The van der Waals surface area contributed by atoms with Crippen LogP contribution in [-0.4, -0.2) is 10.2 Å². The van der Waals surface area contributed by atoms with Gasteiger partial charge in [-0.15, -0.1) is 0 Å². The molecule has 4 aromatic rings. The molecule has 0 saturated heterocycles. The number of aromatic nitrogens is 1. The Bertz CT molecular complexity index is 1250. The number of hydrogen-bond donors (Lipinski definition) is 3. The van der Waals surface area contributed by atoms with Crippen molar-refractivity contribution >= 4 is 39.3 Å². The molecule has 3 N–H and O–H groups in total. The molecule has 1 unspecified atom stereocenters. The van der Waals surface area contributed by atoms with Gasteiger partial charge in [-0.1, -0.05) is 72.3 Å². The van der Waals surface area contributed by atoms with Crippen LogP contribution in [0.5, 0.6) is 0 Å². The van der Waals surface area contributed by atoms with E-state index in [0.29, 0.717) is 22.0 Å². The molecule has 0 spiro atoms. The first kappa shape index (κ1) is 19.1. The topological polar surface area (TPSA) is 80.6 Å². The zero-order valence-electron chi connectivity index (χ0n) is 15.2. The van der Waals surface area contributed by atoms with Crippen molar-refractivity contribution in [2.75, 3.05) is 0 Å². The lowest BCUT2D eigenvalue weighted by Crippen LogP contribution is -2.99. The van der Waals surface area contributed by atoms with Gasteiger partial charge in [0.25, 0.3) is 0 Å². The molecule has 0 aliphatic rings. The molecule has 5 nitrogen and oxygen atoms in total. The zero-order chi connectivity index (χ0) is 20.4. The first-order chi connectivity index (χ1) is 14.0. The fourth-order valence-corrected chi connectivity index (χ4v) is 3.53. The molecule has 1 atom stereocenters. The first-order valence-electron chi connectivity index (χ1n) is 8.95. The summed E-state index contributed by atoms with van der Waals surface area (Å²) in [6.45, 7) is 0. The summed E-state index contributed by atoms with van der Waals surface area (Å²) in [6.07, 6.45) is 3.29. The van der Waals surface area contributed by atoms with Crippen LogP contribution in [0.1, 0.15) is 11.1 Å². The van der Waals surface area contributed by atoms with Crippen molar-refractivity contribution in [1.29, 1.82) is 0 Å². The van der Waals surface area contributed by atoms with Crippen molar-refractivity contribution < 1.29 is 10.4 Å². The van der Waals surface area contributed by atoms with Gasteiger partial charge in [0.05, 0.1) is 16.1 Å². The van der Waals surface area contributed by atoms with E-state index >= 15 is 0 Å². The first-order valence-corrected chi connectivity index (χ1v) is 9.33. The molecule has 144 valence electrons. The number of benzene rings is 3. The summed E-state index contributed by atoms with van der Waals surface area (Å²) in [7, 11) is 0. The SMILES string of the molecule is O=c1c(-c2ccccc2)c[nH]c2cc([NH+]([O-])O)c(/C(Cl)=C/c3ccccc3)cc12. The van der Waals surface area contributed by atoms with Gasteiger partial charge < -0.3 is 10.2 Å². The van der Waals surface area contributed by atoms with Crippen LogP contribution in [0.3, 0.4) is 0 Å². The lowest BCUT2D eigenvalue weighted by atomic mass is 10.0. The second kappa shape index (κ2) is 8.03. The number of H-pyrrole nitrogens is 1. The van der Waals surface area contributed by atoms with Gasteiger partial charge in [0.15, 0.2) is 11.1 Å². The van der Waals surface area contributed by atoms with Crippen LogP contribution in [-0.2, 0) is 0 Å². The molecule has 1 aromatic heterocycles. The van der Waals surface area contributed by atoms with Crippen LogP contribution in [0.25, 0.3) is 33.1 Å². The molecular weight excluding hydrogens is 388 g/mol. The summed E-state index contributed by atoms with van der Waals surface area (Å²) in [5.41, 5.74) is 2.71. The molecule has 0 amide bonds. The number of rotatable bonds is 4. The predicted octanol–water partition coefficient (Wildman–Crippen LogP) is 4.34. The molecule has 6 heteroatoms. The van der Waals surface area contributed by atoms with E-state index in [1.807, 2.05) is 60.7 Å². The highest BCUT2D eigenvalue weighted by Crippen LogP contribution is 2.30. The van der Waals surface area contributed by atoms with Crippen LogP contribution in [0.2, 0.25) is 0 Å². The Morgan fingerprint density at radius 3 is 2.34 bits per heavy atom. The second-order valence-corrected chi connectivity index (χ2v) is 6.96. The van der Waals surface area contributed by atoms with E-state index in [0.717, 1.165) is 11.1 Å². The van der Waals surface area contributed by atoms with Crippen LogP contribution in [0.4, 0.5) is 5.69 Å². The highest BCUT2D eigenvalue weighted by atomic mass is 35.5. The smallest absolute Gasteiger partial charge is 0.197 e. The molecule has 0 aliphatic carbocycles. The van der Waals surface area contributed by atoms with Crippen molar-refractivity contribution in [2.24, 2.45) is 0 Å². The normalized spacial score (nSPS) is 12.9. The van der Waals surface area contributed by atoms with Crippen molar-refractivity contribution in [1.82, 2.24) is 4.98 Å². The number of hydrogen-bond acceptors (Lipinski definition) is 3. The third-order valence-electron chi connectivity index (χ3n) is 4.68. The molecule has 0 radical (unpaired) electrons. The molecule has 0 aliphatic heterocycles. The second-order valence-electron chi connectivity index (χ2n) is 6.55. The van der Waals surface area contributed by atoms with Gasteiger partial charge in [-0.05, 0) is 23.3 Å². The quantitative estimate of drug-likeness (QED) is 0.349. The molecular formula is C23H17ClN2O3. The highest BCUT2D eigenvalue weighted by molar-refractivity contribution is 6.51. The van der Waals surface area contributed by atoms with E-state index in [-0.39, 0.29) is 16.1 Å². The summed E-state index contributed by atoms with van der Waals surface area (Å²) in [5.74, 6) is 0. The summed E-state index contributed by atoms with van der Waals surface area (Å²) >= 11 is 6.49. The van der Waals surface area contributed by atoms with Gasteiger partial charge in [-0.25, -0.2) is 5.21 Å². The minimum atomic E-state index is -1.12. The van der Waals surface area contributed by atoms with Crippen molar-refractivity contribution in [3.63, 3.8) is 0 Å². The number of fused-ring (bicyclic) bond motifs is 1. The summed E-state index contributed by atoms with van der Waals surface area (Å²) in [6, 6.07) is 21.6. The van der Waals surface area contributed by atoms with Gasteiger partial charge in [0, 0.05) is 23.2 Å². The molecule has 4 rings (SSSR count). The largest absolute Gasteiger partial charge is 0.595 e. The monoisotopic (exact) mass is 404 g/mol. The van der Waals surface area contributed by atoms with Crippen molar-refractivity contribution in [2.45, 2.75) is 0 Å². The summed E-state index contributed by atoms with van der Waals surface area (Å²) in [5, 5.41) is 21.0. The minimum Gasteiger partial charge on any atom is -0.595 e. The van der Waals surface area contributed by atoms with Gasteiger partial charge in [-0.3, -0.25) is 4.79 Å². The van der Waals surface area contributed by atoms with Gasteiger partial charge in [0.1, 0.15) is 0 Å². The molecule has 0 saturated carbocycles. The Morgan fingerprint density at radius 1 is 1.03 bits per heavy atom. The van der Waals surface area contributed by atoms with E-state index in [4.69, 9.17) is 11.6 Å². The van der Waals surface area contributed by atoms with Gasteiger partial charge in [-0.2, -0.15) is 5.23 Å². The lowest BCUT2D eigenvalue weighted by molar-refractivity contribution is -0.991. The summed E-state index contributed by atoms with van der Waals surface area (Å²) in [4.78, 5) is 16.2. The van der Waals surface area contributed by atoms with Gasteiger partial charge >= 0.3 is 0 Å².